The Balaban J connectivity index is 2.06. The molecule has 104 valence electrons. The second-order valence-electron chi connectivity index (χ2n) is 4.87. The smallest absolute Gasteiger partial charge is 0.101 e. The van der Waals surface area contributed by atoms with E-state index < -0.39 is 6.10 Å². The van der Waals surface area contributed by atoms with Crippen LogP contribution < -0.4 is 0 Å². The van der Waals surface area contributed by atoms with Crippen molar-refractivity contribution in [3.05, 3.63) is 36.2 Å². The summed E-state index contributed by atoms with van der Waals surface area (Å²) in [5, 5.41) is 14.8. The van der Waals surface area contributed by atoms with Gasteiger partial charge >= 0.3 is 0 Å². The Morgan fingerprint density at radius 1 is 1.37 bits per heavy atom. The molecule has 19 heavy (non-hydrogen) atoms. The Kier molecular flexibility index (Phi) is 4.37. The summed E-state index contributed by atoms with van der Waals surface area (Å²) in [7, 11) is 0. The Morgan fingerprint density at radius 3 is 2.84 bits per heavy atom. The molecule has 0 aromatic carbocycles. The standard InChI is InChI=1S/C14H22N4O/c1-4-11(3)18-7-6-12(16-18)8-14(19)13-9-15-10-17(13)5-2/h6-7,9-11,14,19H,4-5,8H2,1-3H3. The van der Waals surface area contributed by atoms with Crippen LogP contribution in [0.2, 0.25) is 0 Å². The molecule has 0 saturated carbocycles. The highest BCUT2D eigenvalue weighted by atomic mass is 16.3. The minimum Gasteiger partial charge on any atom is -0.386 e. The first-order valence-corrected chi connectivity index (χ1v) is 6.87. The van der Waals surface area contributed by atoms with Crippen LogP contribution in [0.5, 0.6) is 0 Å². The van der Waals surface area contributed by atoms with E-state index in [1.54, 1.807) is 12.5 Å². The lowest BCUT2D eigenvalue weighted by molar-refractivity contribution is 0.167. The molecule has 0 fully saturated rings. The van der Waals surface area contributed by atoms with Crippen molar-refractivity contribution in [2.45, 2.75) is 52.3 Å². The van der Waals surface area contributed by atoms with E-state index in [9.17, 15) is 5.11 Å². The fraction of sp³-hybridized carbons (Fsp3) is 0.571. The number of nitrogens with zero attached hydrogens (tertiary/aromatic N) is 4. The zero-order valence-corrected chi connectivity index (χ0v) is 11.8. The van der Waals surface area contributed by atoms with Crippen molar-refractivity contribution in [2.75, 3.05) is 0 Å². The van der Waals surface area contributed by atoms with Crippen molar-refractivity contribution in [3.63, 3.8) is 0 Å². The summed E-state index contributed by atoms with van der Waals surface area (Å²) in [4.78, 5) is 4.08. The van der Waals surface area contributed by atoms with Crippen LogP contribution >= 0.6 is 0 Å². The van der Waals surface area contributed by atoms with Gasteiger partial charge in [-0.3, -0.25) is 4.68 Å². The summed E-state index contributed by atoms with van der Waals surface area (Å²) >= 11 is 0. The largest absolute Gasteiger partial charge is 0.386 e. The van der Waals surface area contributed by atoms with E-state index in [0.717, 1.165) is 24.4 Å². The maximum Gasteiger partial charge on any atom is 0.101 e. The molecule has 0 aliphatic rings. The zero-order valence-electron chi connectivity index (χ0n) is 11.8. The third kappa shape index (κ3) is 3.04. The summed E-state index contributed by atoms with van der Waals surface area (Å²) in [5.74, 6) is 0. The molecular weight excluding hydrogens is 240 g/mol. The molecule has 1 N–H and O–H groups in total. The maximum atomic E-state index is 10.3. The molecule has 0 radical (unpaired) electrons. The van der Waals surface area contributed by atoms with Crippen LogP contribution in [-0.4, -0.2) is 24.4 Å². The van der Waals surface area contributed by atoms with Crippen molar-refractivity contribution in [3.8, 4) is 0 Å². The van der Waals surface area contributed by atoms with E-state index in [4.69, 9.17) is 0 Å². The van der Waals surface area contributed by atoms with E-state index >= 15 is 0 Å². The third-order valence-electron chi connectivity index (χ3n) is 3.54. The van der Waals surface area contributed by atoms with Gasteiger partial charge in [0.25, 0.3) is 0 Å². The van der Waals surface area contributed by atoms with Gasteiger partial charge in [0.05, 0.1) is 23.9 Å². The zero-order chi connectivity index (χ0) is 13.8. The second-order valence-corrected chi connectivity index (χ2v) is 4.87. The maximum absolute atomic E-state index is 10.3. The molecule has 0 saturated heterocycles. The molecule has 2 atom stereocenters. The molecule has 0 aliphatic heterocycles. The number of hydrogen-bond donors (Lipinski definition) is 1. The molecule has 5 heteroatoms. The predicted octanol–water partition coefficient (Wildman–Crippen LogP) is 2.35. The molecule has 2 heterocycles. The number of rotatable bonds is 6. The van der Waals surface area contributed by atoms with Crippen LogP contribution in [-0.2, 0) is 13.0 Å². The molecule has 5 nitrogen and oxygen atoms in total. The molecule has 0 bridgehead atoms. The van der Waals surface area contributed by atoms with Gasteiger partial charge in [-0.15, -0.1) is 0 Å². The van der Waals surface area contributed by atoms with Crippen molar-refractivity contribution < 1.29 is 5.11 Å². The number of imidazole rings is 1. The second kappa shape index (κ2) is 6.02. The summed E-state index contributed by atoms with van der Waals surface area (Å²) in [6, 6.07) is 2.37. The lowest BCUT2D eigenvalue weighted by Gasteiger charge is -2.12. The molecule has 0 aliphatic carbocycles. The average Bonchev–Trinajstić information content (AvgIpc) is 3.05. The number of aryl methyl sites for hydroxylation is 1. The van der Waals surface area contributed by atoms with Gasteiger partial charge in [0.1, 0.15) is 6.10 Å². The molecule has 2 aromatic rings. The first-order chi connectivity index (χ1) is 9.15. The molecule has 0 amide bonds. The van der Waals surface area contributed by atoms with E-state index in [2.05, 4.69) is 23.9 Å². The first-order valence-electron chi connectivity index (χ1n) is 6.87. The topological polar surface area (TPSA) is 55.9 Å². The average molecular weight is 262 g/mol. The van der Waals surface area contributed by atoms with Crippen molar-refractivity contribution in [2.24, 2.45) is 0 Å². The van der Waals surface area contributed by atoms with Crippen LogP contribution in [0.25, 0.3) is 0 Å². The van der Waals surface area contributed by atoms with Gasteiger partial charge in [-0.2, -0.15) is 5.10 Å². The summed E-state index contributed by atoms with van der Waals surface area (Å²) in [5.41, 5.74) is 1.76. The Bertz CT molecular complexity index is 517. The molecule has 2 aromatic heterocycles. The highest BCUT2D eigenvalue weighted by Crippen LogP contribution is 2.18. The summed E-state index contributed by atoms with van der Waals surface area (Å²) in [6.45, 7) is 7.13. The lowest BCUT2D eigenvalue weighted by Crippen LogP contribution is -2.10. The van der Waals surface area contributed by atoms with E-state index in [-0.39, 0.29) is 0 Å². The number of aromatic nitrogens is 4. The Labute approximate surface area is 113 Å². The van der Waals surface area contributed by atoms with Crippen LogP contribution in [0.4, 0.5) is 0 Å². The van der Waals surface area contributed by atoms with Gasteiger partial charge in [-0.25, -0.2) is 4.98 Å². The predicted molar refractivity (Wildman–Crippen MR) is 73.8 cm³/mol. The Morgan fingerprint density at radius 2 is 2.16 bits per heavy atom. The van der Waals surface area contributed by atoms with Gasteiger partial charge < -0.3 is 9.67 Å². The highest BCUT2D eigenvalue weighted by molar-refractivity contribution is 5.09. The SMILES string of the molecule is CCC(C)n1ccc(CC(O)c2cncn2CC)n1. The van der Waals surface area contributed by atoms with E-state index in [1.807, 2.05) is 28.4 Å². The molecule has 2 rings (SSSR count). The van der Waals surface area contributed by atoms with Crippen LogP contribution in [0.1, 0.15) is 50.7 Å². The fourth-order valence-electron chi connectivity index (χ4n) is 2.09. The summed E-state index contributed by atoms with van der Waals surface area (Å²) in [6.07, 6.45) is 6.47. The first kappa shape index (κ1) is 13.8. The summed E-state index contributed by atoms with van der Waals surface area (Å²) < 4.78 is 3.91. The van der Waals surface area contributed by atoms with Crippen molar-refractivity contribution in [1.29, 1.82) is 0 Å². The number of aliphatic hydroxyl groups is 1. The van der Waals surface area contributed by atoms with Crippen LogP contribution in [0.15, 0.2) is 24.8 Å². The van der Waals surface area contributed by atoms with Gasteiger partial charge in [-0.05, 0) is 26.3 Å². The number of aliphatic hydroxyl groups excluding tert-OH is 1. The minimum absolute atomic E-state index is 0.395. The number of hydrogen-bond acceptors (Lipinski definition) is 3. The van der Waals surface area contributed by atoms with Gasteiger partial charge in [0.15, 0.2) is 0 Å². The van der Waals surface area contributed by atoms with Crippen molar-refractivity contribution in [1.82, 2.24) is 19.3 Å². The quantitative estimate of drug-likeness (QED) is 0.869. The van der Waals surface area contributed by atoms with E-state index in [1.165, 1.54) is 0 Å². The van der Waals surface area contributed by atoms with Crippen molar-refractivity contribution >= 4 is 0 Å². The third-order valence-corrected chi connectivity index (χ3v) is 3.54. The Hall–Kier alpha value is -1.62. The van der Waals surface area contributed by atoms with Gasteiger partial charge in [-0.1, -0.05) is 6.92 Å². The van der Waals surface area contributed by atoms with Gasteiger partial charge in [0.2, 0.25) is 0 Å². The molecule has 0 spiro atoms. The molecule has 2 unspecified atom stereocenters. The fourth-order valence-corrected chi connectivity index (χ4v) is 2.09. The minimum atomic E-state index is -0.553. The normalized spacial score (nSPS) is 14.5. The highest BCUT2D eigenvalue weighted by Gasteiger charge is 2.15. The molecular formula is C14H22N4O. The van der Waals surface area contributed by atoms with Crippen LogP contribution in [0, 0.1) is 0 Å². The van der Waals surface area contributed by atoms with Crippen LogP contribution in [0.3, 0.4) is 0 Å². The monoisotopic (exact) mass is 262 g/mol. The van der Waals surface area contributed by atoms with Gasteiger partial charge in [0, 0.05) is 25.2 Å². The lowest BCUT2D eigenvalue weighted by atomic mass is 10.1. The van der Waals surface area contributed by atoms with E-state index in [0.29, 0.717) is 12.5 Å².